The molecule has 14 heavy (non-hydrogen) atoms. The van der Waals surface area contributed by atoms with E-state index in [-0.39, 0.29) is 18.4 Å². The van der Waals surface area contributed by atoms with Gasteiger partial charge in [0.25, 0.3) is 0 Å². The standard InChI is InChI=1S/C9H15NO4/c1-6(11)10-4-8(9(12)13)7-2-3-14-5-7/h7-8H,2-5H2,1H3,(H,10,11)(H,12,13). The molecule has 1 fully saturated rings. The maximum absolute atomic E-state index is 10.9. The Morgan fingerprint density at radius 3 is 2.79 bits per heavy atom. The summed E-state index contributed by atoms with van der Waals surface area (Å²) < 4.78 is 5.12. The van der Waals surface area contributed by atoms with Gasteiger partial charge in [0.05, 0.1) is 12.5 Å². The molecule has 0 aromatic heterocycles. The van der Waals surface area contributed by atoms with Gasteiger partial charge in [0.2, 0.25) is 5.91 Å². The monoisotopic (exact) mass is 201 g/mol. The first-order valence-corrected chi connectivity index (χ1v) is 4.66. The molecule has 0 aliphatic carbocycles. The van der Waals surface area contributed by atoms with Crippen LogP contribution in [0.2, 0.25) is 0 Å². The van der Waals surface area contributed by atoms with Gasteiger partial charge in [-0.2, -0.15) is 0 Å². The summed E-state index contributed by atoms with van der Waals surface area (Å²) in [7, 11) is 0. The lowest BCUT2D eigenvalue weighted by atomic mass is 9.91. The number of carboxylic acid groups (broad SMARTS) is 1. The van der Waals surface area contributed by atoms with Gasteiger partial charge in [-0.15, -0.1) is 0 Å². The van der Waals surface area contributed by atoms with Crippen molar-refractivity contribution < 1.29 is 19.4 Å². The van der Waals surface area contributed by atoms with Gasteiger partial charge in [-0.25, -0.2) is 0 Å². The predicted octanol–water partition coefficient (Wildman–Crippen LogP) is -0.140. The second-order valence-corrected chi connectivity index (χ2v) is 3.51. The Kier molecular flexibility index (Phi) is 3.88. The number of hydrogen-bond donors (Lipinski definition) is 2. The highest BCUT2D eigenvalue weighted by Crippen LogP contribution is 2.21. The first-order valence-electron chi connectivity index (χ1n) is 4.66. The SMILES string of the molecule is CC(=O)NCC(C(=O)O)C1CCOC1. The summed E-state index contributed by atoms with van der Waals surface area (Å²) in [6.45, 7) is 2.67. The lowest BCUT2D eigenvalue weighted by Gasteiger charge is -2.17. The van der Waals surface area contributed by atoms with Gasteiger partial charge in [0.15, 0.2) is 0 Å². The molecule has 2 unspecified atom stereocenters. The summed E-state index contributed by atoms with van der Waals surface area (Å²) in [5.41, 5.74) is 0. The minimum atomic E-state index is -0.866. The molecule has 0 spiro atoms. The van der Waals surface area contributed by atoms with E-state index >= 15 is 0 Å². The predicted molar refractivity (Wildman–Crippen MR) is 48.7 cm³/mol. The Morgan fingerprint density at radius 1 is 1.64 bits per heavy atom. The normalized spacial score (nSPS) is 23.1. The van der Waals surface area contributed by atoms with Crippen LogP contribution in [0, 0.1) is 11.8 Å². The van der Waals surface area contributed by atoms with Crippen molar-refractivity contribution in [2.75, 3.05) is 19.8 Å². The van der Waals surface area contributed by atoms with E-state index in [1.54, 1.807) is 0 Å². The quantitative estimate of drug-likeness (QED) is 0.663. The van der Waals surface area contributed by atoms with Crippen LogP contribution in [-0.4, -0.2) is 36.7 Å². The molecule has 5 nitrogen and oxygen atoms in total. The highest BCUT2D eigenvalue weighted by atomic mass is 16.5. The zero-order valence-electron chi connectivity index (χ0n) is 8.16. The first-order chi connectivity index (χ1) is 6.61. The van der Waals surface area contributed by atoms with E-state index in [2.05, 4.69) is 5.32 Å². The zero-order chi connectivity index (χ0) is 10.6. The largest absolute Gasteiger partial charge is 0.481 e. The Morgan fingerprint density at radius 2 is 2.36 bits per heavy atom. The molecule has 1 saturated heterocycles. The molecule has 2 N–H and O–H groups in total. The van der Waals surface area contributed by atoms with E-state index in [1.165, 1.54) is 6.92 Å². The number of carbonyl (C=O) groups is 2. The molecule has 1 rings (SSSR count). The molecule has 0 aromatic rings. The molecular formula is C9H15NO4. The van der Waals surface area contributed by atoms with E-state index in [0.29, 0.717) is 13.2 Å². The van der Waals surface area contributed by atoms with Gasteiger partial charge in [-0.3, -0.25) is 9.59 Å². The molecule has 1 heterocycles. The van der Waals surface area contributed by atoms with Gasteiger partial charge in [0.1, 0.15) is 0 Å². The summed E-state index contributed by atoms with van der Waals surface area (Å²) >= 11 is 0. The van der Waals surface area contributed by atoms with Gasteiger partial charge >= 0.3 is 5.97 Å². The molecule has 1 aliphatic heterocycles. The van der Waals surface area contributed by atoms with E-state index in [0.717, 1.165) is 6.42 Å². The minimum absolute atomic E-state index is 0.0272. The van der Waals surface area contributed by atoms with E-state index in [1.807, 2.05) is 0 Å². The molecular weight excluding hydrogens is 186 g/mol. The van der Waals surface area contributed by atoms with Crippen molar-refractivity contribution in [3.8, 4) is 0 Å². The third-order valence-electron chi connectivity index (χ3n) is 2.42. The molecule has 0 bridgehead atoms. The zero-order valence-corrected chi connectivity index (χ0v) is 8.16. The third kappa shape index (κ3) is 2.99. The maximum Gasteiger partial charge on any atom is 0.308 e. The van der Waals surface area contributed by atoms with Crippen LogP contribution in [0.1, 0.15) is 13.3 Å². The molecule has 80 valence electrons. The second-order valence-electron chi connectivity index (χ2n) is 3.51. The number of aliphatic carboxylic acids is 1. The molecule has 0 aromatic carbocycles. The maximum atomic E-state index is 10.9. The average molecular weight is 201 g/mol. The lowest BCUT2D eigenvalue weighted by molar-refractivity contribution is -0.143. The average Bonchev–Trinajstić information content (AvgIpc) is 2.56. The Bertz CT molecular complexity index is 223. The van der Waals surface area contributed by atoms with Crippen LogP contribution in [0.25, 0.3) is 0 Å². The summed E-state index contributed by atoms with van der Waals surface area (Å²) in [6.07, 6.45) is 0.760. The van der Waals surface area contributed by atoms with Crippen molar-refractivity contribution in [3.05, 3.63) is 0 Å². The fraction of sp³-hybridized carbons (Fsp3) is 0.778. The van der Waals surface area contributed by atoms with E-state index < -0.39 is 11.9 Å². The van der Waals surface area contributed by atoms with Crippen LogP contribution in [-0.2, 0) is 14.3 Å². The van der Waals surface area contributed by atoms with Crippen LogP contribution in [0.3, 0.4) is 0 Å². The smallest absolute Gasteiger partial charge is 0.308 e. The fourth-order valence-corrected chi connectivity index (χ4v) is 1.58. The number of amides is 1. The molecule has 0 radical (unpaired) electrons. The van der Waals surface area contributed by atoms with Crippen molar-refractivity contribution in [1.29, 1.82) is 0 Å². The molecule has 5 heteroatoms. The molecule has 2 atom stereocenters. The molecule has 1 amide bonds. The van der Waals surface area contributed by atoms with Crippen molar-refractivity contribution in [1.82, 2.24) is 5.32 Å². The van der Waals surface area contributed by atoms with Gasteiger partial charge < -0.3 is 15.2 Å². The number of ether oxygens (including phenoxy) is 1. The fourth-order valence-electron chi connectivity index (χ4n) is 1.58. The second kappa shape index (κ2) is 4.95. The minimum Gasteiger partial charge on any atom is -0.481 e. The highest BCUT2D eigenvalue weighted by Gasteiger charge is 2.31. The summed E-state index contributed by atoms with van der Waals surface area (Å²) in [5, 5.41) is 11.5. The van der Waals surface area contributed by atoms with Crippen LogP contribution in [0.15, 0.2) is 0 Å². The van der Waals surface area contributed by atoms with Crippen LogP contribution >= 0.6 is 0 Å². The number of nitrogens with one attached hydrogen (secondary N) is 1. The van der Waals surface area contributed by atoms with Crippen molar-refractivity contribution in [2.45, 2.75) is 13.3 Å². The van der Waals surface area contributed by atoms with Crippen molar-refractivity contribution in [3.63, 3.8) is 0 Å². The Hall–Kier alpha value is -1.10. The van der Waals surface area contributed by atoms with Gasteiger partial charge in [0, 0.05) is 20.1 Å². The number of hydrogen-bond acceptors (Lipinski definition) is 3. The topological polar surface area (TPSA) is 75.6 Å². The number of rotatable bonds is 4. The van der Waals surface area contributed by atoms with E-state index in [9.17, 15) is 9.59 Å². The summed E-state index contributed by atoms with van der Waals surface area (Å²) in [5.74, 6) is -1.56. The number of carbonyl (C=O) groups excluding carboxylic acids is 1. The van der Waals surface area contributed by atoms with E-state index in [4.69, 9.17) is 9.84 Å². The van der Waals surface area contributed by atoms with Crippen LogP contribution < -0.4 is 5.32 Å². The van der Waals surface area contributed by atoms with Gasteiger partial charge in [-0.1, -0.05) is 0 Å². The summed E-state index contributed by atoms with van der Waals surface area (Å²) in [4.78, 5) is 21.5. The molecule has 1 aliphatic rings. The molecule has 0 saturated carbocycles. The third-order valence-corrected chi connectivity index (χ3v) is 2.42. The van der Waals surface area contributed by atoms with Gasteiger partial charge in [-0.05, 0) is 12.3 Å². The summed E-state index contributed by atoms with van der Waals surface area (Å²) in [6, 6.07) is 0. The lowest BCUT2D eigenvalue weighted by Crippen LogP contribution is -2.36. The highest BCUT2D eigenvalue weighted by molar-refractivity contribution is 5.75. The Labute approximate surface area is 82.4 Å². The first kappa shape index (κ1) is 11.0. The van der Waals surface area contributed by atoms with Crippen LogP contribution in [0.5, 0.6) is 0 Å². The van der Waals surface area contributed by atoms with Crippen molar-refractivity contribution >= 4 is 11.9 Å². The van der Waals surface area contributed by atoms with Crippen LogP contribution in [0.4, 0.5) is 0 Å². The number of carboxylic acids is 1. The Balaban J connectivity index is 2.45. The van der Waals surface area contributed by atoms with Crippen molar-refractivity contribution in [2.24, 2.45) is 11.8 Å².